The third kappa shape index (κ3) is 3.22. The molecule has 2 aromatic rings. The van der Waals surface area contributed by atoms with E-state index in [0.717, 1.165) is 30.6 Å². The first-order valence-corrected chi connectivity index (χ1v) is 10.1. The summed E-state index contributed by atoms with van der Waals surface area (Å²) in [4.78, 5) is 13.0. The predicted octanol–water partition coefficient (Wildman–Crippen LogP) is 5.79. The monoisotopic (exact) mass is 360 g/mol. The Morgan fingerprint density at radius 3 is 2.67 bits per heavy atom. The molecule has 0 N–H and O–H groups in total. The van der Waals surface area contributed by atoms with E-state index in [9.17, 15) is 4.79 Å². The molecule has 4 rings (SSSR count). The molecule has 2 nitrogen and oxygen atoms in total. The van der Waals surface area contributed by atoms with Crippen LogP contribution >= 0.6 is 0 Å². The minimum atomic E-state index is 0.128. The number of rotatable bonds is 6. The van der Waals surface area contributed by atoms with Crippen molar-refractivity contribution in [3.8, 4) is 5.75 Å². The van der Waals surface area contributed by atoms with Crippen molar-refractivity contribution in [3.63, 3.8) is 0 Å². The van der Waals surface area contributed by atoms with Crippen molar-refractivity contribution in [1.29, 1.82) is 0 Å². The van der Waals surface area contributed by atoms with Gasteiger partial charge >= 0.3 is 0 Å². The van der Waals surface area contributed by atoms with Crippen LogP contribution in [0.1, 0.15) is 55.7 Å². The number of ketones is 1. The molecule has 0 aromatic heterocycles. The van der Waals surface area contributed by atoms with Gasteiger partial charge in [-0.05, 0) is 53.7 Å². The van der Waals surface area contributed by atoms with E-state index in [1.54, 1.807) is 7.11 Å². The van der Waals surface area contributed by atoms with Gasteiger partial charge in [0.1, 0.15) is 5.75 Å². The average molecular weight is 360 g/mol. The molecule has 2 heteroatoms. The highest BCUT2D eigenvalue weighted by Gasteiger charge is 2.46. The Morgan fingerprint density at radius 1 is 1.11 bits per heavy atom. The molecule has 27 heavy (non-hydrogen) atoms. The van der Waals surface area contributed by atoms with Crippen LogP contribution in [0.5, 0.6) is 5.75 Å². The van der Waals surface area contributed by atoms with Crippen molar-refractivity contribution in [3.05, 3.63) is 70.8 Å². The number of hydrogen-bond acceptors (Lipinski definition) is 2. The van der Waals surface area contributed by atoms with Crippen molar-refractivity contribution >= 4 is 11.4 Å². The molecule has 0 spiro atoms. The van der Waals surface area contributed by atoms with Gasteiger partial charge in [0.2, 0.25) is 0 Å². The van der Waals surface area contributed by atoms with E-state index >= 15 is 0 Å². The maximum atomic E-state index is 13.0. The van der Waals surface area contributed by atoms with Crippen LogP contribution < -0.4 is 4.74 Å². The topological polar surface area (TPSA) is 26.3 Å². The lowest BCUT2D eigenvalue weighted by Crippen LogP contribution is -2.29. The molecule has 2 aliphatic carbocycles. The minimum absolute atomic E-state index is 0.128. The largest absolute Gasteiger partial charge is 0.497 e. The number of methoxy groups -OCH3 is 1. The van der Waals surface area contributed by atoms with Gasteiger partial charge in [0.25, 0.3) is 0 Å². The SMILES string of the molecule is CCCCC12CCC(=O)C(Cc3ccccc3)=C1c1ccc(OC)cc1C2. The molecule has 0 amide bonds. The second-order valence-corrected chi connectivity index (χ2v) is 8.02. The van der Waals surface area contributed by atoms with Crippen molar-refractivity contribution < 1.29 is 9.53 Å². The molecule has 0 aliphatic heterocycles. The first-order chi connectivity index (χ1) is 13.2. The van der Waals surface area contributed by atoms with Crippen LogP contribution in [0.15, 0.2) is 54.1 Å². The van der Waals surface area contributed by atoms with E-state index in [0.29, 0.717) is 12.2 Å². The minimum Gasteiger partial charge on any atom is -0.497 e. The van der Waals surface area contributed by atoms with Crippen LogP contribution in [0.4, 0.5) is 0 Å². The highest BCUT2D eigenvalue weighted by atomic mass is 16.5. The Balaban J connectivity index is 1.86. The van der Waals surface area contributed by atoms with Crippen LogP contribution in [-0.4, -0.2) is 12.9 Å². The van der Waals surface area contributed by atoms with Gasteiger partial charge in [-0.15, -0.1) is 0 Å². The Kier molecular flexibility index (Phi) is 4.90. The van der Waals surface area contributed by atoms with E-state index in [2.05, 4.69) is 43.3 Å². The molecule has 2 aromatic carbocycles. The van der Waals surface area contributed by atoms with E-state index in [1.807, 2.05) is 12.1 Å². The Bertz CT molecular complexity index is 878. The summed E-state index contributed by atoms with van der Waals surface area (Å²) in [6.45, 7) is 2.25. The fraction of sp³-hybridized carbons (Fsp3) is 0.400. The number of carbonyl (C=O) groups is 1. The summed E-state index contributed by atoms with van der Waals surface area (Å²) in [6.07, 6.45) is 7.02. The number of unbranched alkanes of at least 4 members (excludes halogenated alkanes) is 1. The smallest absolute Gasteiger partial charge is 0.159 e. The van der Waals surface area contributed by atoms with Gasteiger partial charge in [-0.1, -0.05) is 56.2 Å². The number of carbonyl (C=O) groups excluding carboxylic acids is 1. The molecular weight excluding hydrogens is 332 g/mol. The number of allylic oxidation sites excluding steroid dienone is 2. The third-order valence-corrected chi connectivity index (χ3v) is 6.34. The second-order valence-electron chi connectivity index (χ2n) is 8.02. The maximum Gasteiger partial charge on any atom is 0.159 e. The normalized spacial score (nSPS) is 21.2. The lowest BCUT2D eigenvalue weighted by Gasteiger charge is -2.36. The van der Waals surface area contributed by atoms with Crippen LogP contribution in [-0.2, 0) is 17.6 Å². The zero-order valence-corrected chi connectivity index (χ0v) is 16.4. The Labute approximate surface area is 162 Å². The summed E-state index contributed by atoms with van der Waals surface area (Å²) in [6, 6.07) is 16.8. The predicted molar refractivity (Wildman–Crippen MR) is 110 cm³/mol. The van der Waals surface area contributed by atoms with E-state index in [-0.39, 0.29) is 5.41 Å². The van der Waals surface area contributed by atoms with Gasteiger partial charge < -0.3 is 4.74 Å². The van der Waals surface area contributed by atoms with Gasteiger partial charge in [-0.3, -0.25) is 4.79 Å². The van der Waals surface area contributed by atoms with Crippen LogP contribution in [0.3, 0.4) is 0 Å². The molecule has 0 fully saturated rings. The molecule has 0 bridgehead atoms. The summed E-state index contributed by atoms with van der Waals surface area (Å²) >= 11 is 0. The molecule has 0 saturated heterocycles. The average Bonchev–Trinajstić information content (AvgIpc) is 3.03. The van der Waals surface area contributed by atoms with Gasteiger partial charge in [0.15, 0.2) is 5.78 Å². The lowest BCUT2D eigenvalue weighted by atomic mass is 9.66. The molecule has 0 radical (unpaired) electrons. The molecular formula is C25H28O2. The number of fused-ring (bicyclic) bond motifs is 3. The van der Waals surface area contributed by atoms with E-state index < -0.39 is 0 Å². The van der Waals surface area contributed by atoms with Crippen molar-refractivity contribution in [2.75, 3.05) is 7.11 Å². The standard InChI is InChI=1S/C25H28O2/c1-3-4-13-25-14-12-23(26)22(15-18-8-6-5-7-9-18)24(25)21-11-10-20(27-2)16-19(21)17-25/h5-11,16H,3-4,12-15,17H2,1-2H3. The van der Waals surface area contributed by atoms with E-state index in [4.69, 9.17) is 4.74 Å². The second kappa shape index (κ2) is 7.34. The summed E-state index contributed by atoms with van der Waals surface area (Å²) in [7, 11) is 1.72. The van der Waals surface area contributed by atoms with Crippen molar-refractivity contribution in [1.82, 2.24) is 0 Å². The molecule has 0 heterocycles. The van der Waals surface area contributed by atoms with Crippen molar-refractivity contribution in [2.45, 2.75) is 51.9 Å². The fourth-order valence-electron chi connectivity index (χ4n) is 5.01. The molecule has 1 atom stereocenters. The van der Waals surface area contributed by atoms with Crippen LogP contribution in [0, 0.1) is 5.41 Å². The van der Waals surface area contributed by atoms with Gasteiger partial charge in [-0.25, -0.2) is 0 Å². The van der Waals surface area contributed by atoms with Gasteiger partial charge in [0.05, 0.1) is 7.11 Å². The number of benzene rings is 2. The molecule has 0 saturated carbocycles. The number of Topliss-reactive ketones (excluding diaryl/α,β-unsaturated/α-hetero) is 1. The summed E-state index contributed by atoms with van der Waals surface area (Å²) < 4.78 is 5.47. The highest BCUT2D eigenvalue weighted by Crippen LogP contribution is 2.57. The van der Waals surface area contributed by atoms with Crippen LogP contribution in [0.2, 0.25) is 0 Å². The van der Waals surface area contributed by atoms with Gasteiger partial charge in [0, 0.05) is 23.8 Å². The number of hydrogen-bond donors (Lipinski definition) is 0. The summed E-state index contributed by atoms with van der Waals surface area (Å²) in [5, 5.41) is 0. The zero-order valence-electron chi connectivity index (χ0n) is 16.4. The molecule has 2 aliphatic rings. The first-order valence-electron chi connectivity index (χ1n) is 10.1. The summed E-state index contributed by atoms with van der Waals surface area (Å²) in [5.41, 5.74) is 6.37. The van der Waals surface area contributed by atoms with E-state index in [1.165, 1.54) is 41.5 Å². The first kappa shape index (κ1) is 18.0. The summed E-state index contributed by atoms with van der Waals surface area (Å²) in [5.74, 6) is 1.25. The third-order valence-electron chi connectivity index (χ3n) is 6.34. The lowest BCUT2D eigenvalue weighted by molar-refractivity contribution is -0.116. The maximum absolute atomic E-state index is 13.0. The van der Waals surface area contributed by atoms with Gasteiger partial charge in [-0.2, -0.15) is 0 Å². The fourth-order valence-corrected chi connectivity index (χ4v) is 5.01. The Hall–Kier alpha value is -2.35. The number of ether oxygens (including phenoxy) is 1. The zero-order chi connectivity index (χ0) is 18.9. The Morgan fingerprint density at radius 2 is 1.93 bits per heavy atom. The highest BCUT2D eigenvalue weighted by molar-refractivity contribution is 6.07. The van der Waals surface area contributed by atoms with Crippen molar-refractivity contribution in [2.24, 2.45) is 5.41 Å². The van der Waals surface area contributed by atoms with Crippen LogP contribution in [0.25, 0.3) is 5.57 Å². The quantitative estimate of drug-likeness (QED) is 0.652. The molecule has 140 valence electrons. The molecule has 1 unspecified atom stereocenters.